The molecule has 0 radical (unpaired) electrons. The first-order valence-corrected chi connectivity index (χ1v) is 5.03. The fourth-order valence-corrected chi connectivity index (χ4v) is 2.83. The number of hydrogen-bond acceptors (Lipinski definition) is 2. The molecule has 13 heavy (non-hydrogen) atoms. The van der Waals surface area contributed by atoms with E-state index in [1.165, 1.54) is 19.4 Å². The number of likely N-dealkylation sites (tertiary alicyclic amines) is 1. The minimum atomic E-state index is -0.630. The number of carboxylic acid groups (broad SMARTS) is 1. The van der Waals surface area contributed by atoms with Gasteiger partial charge in [0.25, 0.3) is 0 Å². The summed E-state index contributed by atoms with van der Waals surface area (Å²) in [6.07, 6.45) is 4.01. The van der Waals surface area contributed by atoms with Crippen LogP contribution in [0.15, 0.2) is 0 Å². The molecule has 1 spiro atoms. The first-order chi connectivity index (χ1) is 6.12. The van der Waals surface area contributed by atoms with Gasteiger partial charge < -0.3 is 10.0 Å². The Morgan fingerprint density at radius 3 is 3.08 bits per heavy atom. The summed E-state index contributed by atoms with van der Waals surface area (Å²) in [6.45, 7) is 2.30. The van der Waals surface area contributed by atoms with Gasteiger partial charge in [-0.05, 0) is 44.2 Å². The molecule has 74 valence electrons. The molecule has 1 N–H and O–H groups in total. The molecule has 2 atom stereocenters. The topological polar surface area (TPSA) is 40.5 Å². The summed E-state index contributed by atoms with van der Waals surface area (Å²) in [5.74, 6) is -0.164. The van der Waals surface area contributed by atoms with Crippen molar-refractivity contribution in [1.82, 2.24) is 4.90 Å². The lowest BCUT2D eigenvalue weighted by molar-refractivity contribution is -0.137. The highest BCUT2D eigenvalue weighted by molar-refractivity contribution is 5.67. The van der Waals surface area contributed by atoms with E-state index in [4.69, 9.17) is 5.11 Å². The number of nitrogens with zero attached hydrogens (tertiary/aromatic N) is 1. The maximum absolute atomic E-state index is 10.5. The molecule has 0 amide bonds. The molecule has 2 unspecified atom stereocenters. The van der Waals surface area contributed by atoms with Gasteiger partial charge in [0.05, 0.1) is 0 Å². The van der Waals surface area contributed by atoms with E-state index in [0.29, 0.717) is 17.8 Å². The number of carboxylic acids is 1. The van der Waals surface area contributed by atoms with Crippen LogP contribution in [0.3, 0.4) is 0 Å². The summed E-state index contributed by atoms with van der Waals surface area (Å²) in [5, 5.41) is 8.69. The van der Waals surface area contributed by atoms with Crippen LogP contribution in [-0.4, -0.2) is 36.1 Å². The van der Waals surface area contributed by atoms with Gasteiger partial charge in [-0.2, -0.15) is 0 Å². The van der Waals surface area contributed by atoms with E-state index in [1.807, 2.05) is 0 Å². The highest BCUT2D eigenvalue weighted by Gasteiger charge is 2.55. The van der Waals surface area contributed by atoms with Crippen LogP contribution in [0.25, 0.3) is 0 Å². The van der Waals surface area contributed by atoms with Crippen LogP contribution in [0.1, 0.15) is 25.7 Å². The second-order valence-corrected chi connectivity index (χ2v) is 4.70. The van der Waals surface area contributed by atoms with Crippen LogP contribution >= 0.6 is 0 Å². The van der Waals surface area contributed by atoms with Crippen LogP contribution in [0.4, 0.5) is 0 Å². The van der Waals surface area contributed by atoms with Gasteiger partial charge in [0.15, 0.2) is 0 Å². The Kier molecular flexibility index (Phi) is 2.06. The molecular formula is C10H17NO2. The molecule has 3 nitrogen and oxygen atoms in total. The molecule has 2 fully saturated rings. The van der Waals surface area contributed by atoms with Gasteiger partial charge in [0, 0.05) is 13.0 Å². The van der Waals surface area contributed by atoms with Crippen molar-refractivity contribution < 1.29 is 9.90 Å². The zero-order chi connectivity index (χ0) is 9.47. The molecular weight excluding hydrogens is 166 g/mol. The smallest absolute Gasteiger partial charge is 0.303 e. The minimum Gasteiger partial charge on any atom is -0.481 e. The van der Waals surface area contributed by atoms with E-state index in [9.17, 15) is 4.79 Å². The van der Waals surface area contributed by atoms with Gasteiger partial charge >= 0.3 is 5.97 Å². The van der Waals surface area contributed by atoms with Gasteiger partial charge in [0.1, 0.15) is 0 Å². The third kappa shape index (κ3) is 1.70. The van der Waals surface area contributed by atoms with Gasteiger partial charge in [-0.1, -0.05) is 0 Å². The van der Waals surface area contributed by atoms with E-state index in [1.54, 1.807) is 0 Å². The third-order valence-corrected chi connectivity index (χ3v) is 3.58. The Hall–Kier alpha value is -0.570. The van der Waals surface area contributed by atoms with Crippen LogP contribution in [0.2, 0.25) is 0 Å². The second-order valence-electron chi connectivity index (χ2n) is 4.70. The molecule has 3 heteroatoms. The lowest BCUT2D eigenvalue weighted by atomic mass is 9.92. The zero-order valence-electron chi connectivity index (χ0n) is 8.12. The number of carbonyl (C=O) groups is 1. The van der Waals surface area contributed by atoms with Gasteiger partial charge in [-0.25, -0.2) is 0 Å². The Labute approximate surface area is 78.7 Å². The predicted octanol–water partition coefficient (Wildman–Crippen LogP) is 1.19. The Balaban J connectivity index is 1.90. The zero-order valence-corrected chi connectivity index (χ0v) is 8.12. The summed E-state index contributed by atoms with van der Waals surface area (Å²) in [6, 6.07) is 0. The number of aliphatic carboxylic acids is 1. The standard InChI is InChI=1S/C10H17NO2/c1-11-4-2-3-10(7-11)6-8(10)5-9(12)13/h8H,2-7H2,1H3,(H,12,13). The normalized spacial score (nSPS) is 39.3. The summed E-state index contributed by atoms with van der Waals surface area (Å²) in [7, 11) is 2.14. The minimum absolute atomic E-state index is 0.383. The van der Waals surface area contributed by atoms with E-state index in [0.717, 1.165) is 13.0 Å². The first-order valence-electron chi connectivity index (χ1n) is 5.03. The van der Waals surface area contributed by atoms with E-state index in [-0.39, 0.29) is 0 Å². The molecule has 2 aliphatic rings. The Bertz CT molecular complexity index is 229. The number of hydrogen-bond donors (Lipinski definition) is 1. The van der Waals surface area contributed by atoms with Crippen molar-refractivity contribution in [1.29, 1.82) is 0 Å². The number of piperidine rings is 1. The van der Waals surface area contributed by atoms with Crippen LogP contribution in [-0.2, 0) is 4.79 Å². The first kappa shape index (κ1) is 9.00. The average Bonchev–Trinajstić information content (AvgIpc) is 2.60. The molecule has 0 bridgehead atoms. The van der Waals surface area contributed by atoms with Crippen molar-refractivity contribution in [3.63, 3.8) is 0 Å². The molecule has 1 aliphatic carbocycles. The fraction of sp³-hybridized carbons (Fsp3) is 0.900. The molecule has 2 rings (SSSR count). The Morgan fingerprint density at radius 2 is 2.46 bits per heavy atom. The monoisotopic (exact) mass is 183 g/mol. The highest BCUT2D eigenvalue weighted by Crippen LogP contribution is 2.59. The van der Waals surface area contributed by atoms with Gasteiger partial charge in [0.2, 0.25) is 0 Å². The predicted molar refractivity (Wildman–Crippen MR) is 49.5 cm³/mol. The van der Waals surface area contributed by atoms with Gasteiger partial charge in [-0.15, -0.1) is 0 Å². The lowest BCUT2D eigenvalue weighted by Crippen LogP contribution is -2.34. The quantitative estimate of drug-likeness (QED) is 0.699. The SMILES string of the molecule is CN1CCCC2(CC2CC(=O)O)C1. The maximum Gasteiger partial charge on any atom is 0.303 e. The van der Waals surface area contributed by atoms with E-state index >= 15 is 0 Å². The molecule has 0 aromatic rings. The molecule has 1 aliphatic heterocycles. The van der Waals surface area contributed by atoms with E-state index in [2.05, 4.69) is 11.9 Å². The summed E-state index contributed by atoms with van der Waals surface area (Å²) < 4.78 is 0. The van der Waals surface area contributed by atoms with Gasteiger partial charge in [-0.3, -0.25) is 4.79 Å². The molecule has 1 heterocycles. The van der Waals surface area contributed by atoms with Crippen molar-refractivity contribution in [2.45, 2.75) is 25.7 Å². The van der Waals surface area contributed by atoms with Crippen molar-refractivity contribution in [3.8, 4) is 0 Å². The lowest BCUT2D eigenvalue weighted by Gasteiger charge is -2.30. The van der Waals surface area contributed by atoms with Crippen LogP contribution in [0.5, 0.6) is 0 Å². The summed E-state index contributed by atoms with van der Waals surface area (Å²) >= 11 is 0. The molecule has 0 aromatic carbocycles. The average molecular weight is 183 g/mol. The van der Waals surface area contributed by atoms with E-state index < -0.39 is 5.97 Å². The summed E-state index contributed by atoms with van der Waals surface area (Å²) in [4.78, 5) is 12.9. The van der Waals surface area contributed by atoms with Crippen molar-refractivity contribution in [3.05, 3.63) is 0 Å². The van der Waals surface area contributed by atoms with Crippen molar-refractivity contribution >= 4 is 5.97 Å². The molecule has 1 saturated heterocycles. The second kappa shape index (κ2) is 2.98. The molecule has 0 aromatic heterocycles. The van der Waals surface area contributed by atoms with Crippen molar-refractivity contribution in [2.24, 2.45) is 11.3 Å². The number of rotatable bonds is 2. The Morgan fingerprint density at radius 1 is 1.69 bits per heavy atom. The van der Waals surface area contributed by atoms with Crippen LogP contribution < -0.4 is 0 Å². The maximum atomic E-state index is 10.5. The highest BCUT2D eigenvalue weighted by atomic mass is 16.4. The van der Waals surface area contributed by atoms with Crippen molar-refractivity contribution in [2.75, 3.05) is 20.1 Å². The molecule has 1 saturated carbocycles. The fourth-order valence-electron chi connectivity index (χ4n) is 2.83. The van der Waals surface area contributed by atoms with Crippen LogP contribution in [0, 0.1) is 11.3 Å². The summed E-state index contributed by atoms with van der Waals surface area (Å²) in [5.41, 5.74) is 0.394. The largest absolute Gasteiger partial charge is 0.481 e. The third-order valence-electron chi connectivity index (χ3n) is 3.58.